The molecule has 0 aliphatic carbocycles. The van der Waals surface area contributed by atoms with Crippen molar-refractivity contribution >= 4 is 34.2 Å². The van der Waals surface area contributed by atoms with Crippen LogP contribution >= 0.6 is 0 Å². The third-order valence-corrected chi connectivity index (χ3v) is 5.83. The average Bonchev–Trinajstić information content (AvgIpc) is 2.88. The molecular formula is C29H26FN3O3. The second-order valence-corrected chi connectivity index (χ2v) is 8.46. The fourth-order valence-corrected chi connectivity index (χ4v) is 3.90. The van der Waals surface area contributed by atoms with Crippen LogP contribution in [0, 0.1) is 5.82 Å². The van der Waals surface area contributed by atoms with Gasteiger partial charge in [-0.15, -0.1) is 0 Å². The Morgan fingerprint density at radius 3 is 2.25 bits per heavy atom. The first-order valence-corrected chi connectivity index (χ1v) is 11.6. The number of carbonyl (C=O) groups excluding carboxylic acids is 3. The summed E-state index contributed by atoms with van der Waals surface area (Å²) in [6.07, 6.45) is 0.190. The van der Waals surface area contributed by atoms with Crippen LogP contribution in [0.15, 0.2) is 91.0 Å². The number of hydrogen-bond acceptors (Lipinski definition) is 3. The van der Waals surface area contributed by atoms with Gasteiger partial charge in [-0.3, -0.25) is 14.4 Å². The van der Waals surface area contributed by atoms with Crippen molar-refractivity contribution in [3.63, 3.8) is 0 Å². The van der Waals surface area contributed by atoms with Crippen LogP contribution in [0.3, 0.4) is 0 Å². The molecule has 7 heteroatoms. The minimum atomic E-state index is -0.406. The molecule has 3 N–H and O–H groups in total. The number of benzene rings is 4. The third-order valence-electron chi connectivity index (χ3n) is 5.83. The first kappa shape index (κ1) is 24.6. The van der Waals surface area contributed by atoms with E-state index in [1.165, 1.54) is 24.3 Å². The lowest BCUT2D eigenvalue weighted by Crippen LogP contribution is -2.38. The molecule has 4 rings (SSSR count). The minimum absolute atomic E-state index is 0.125. The average molecular weight is 484 g/mol. The Morgan fingerprint density at radius 2 is 1.50 bits per heavy atom. The van der Waals surface area contributed by atoms with Crippen LogP contribution in [0.2, 0.25) is 0 Å². The van der Waals surface area contributed by atoms with Crippen LogP contribution in [-0.4, -0.2) is 24.3 Å². The summed E-state index contributed by atoms with van der Waals surface area (Å²) in [5.74, 6) is -1.28. The largest absolute Gasteiger partial charge is 0.348 e. The van der Waals surface area contributed by atoms with Gasteiger partial charge in [0.25, 0.3) is 5.91 Å². The zero-order chi connectivity index (χ0) is 25.5. The lowest BCUT2D eigenvalue weighted by Gasteiger charge is -2.15. The number of fused-ring (bicyclic) bond motifs is 1. The van der Waals surface area contributed by atoms with E-state index in [0.717, 1.165) is 21.9 Å². The van der Waals surface area contributed by atoms with Gasteiger partial charge in [-0.2, -0.15) is 0 Å². The summed E-state index contributed by atoms with van der Waals surface area (Å²) >= 11 is 0. The maximum Gasteiger partial charge on any atom is 0.255 e. The lowest BCUT2D eigenvalue weighted by atomic mass is 10.0. The van der Waals surface area contributed by atoms with Crippen molar-refractivity contribution in [2.24, 2.45) is 0 Å². The molecule has 0 heterocycles. The van der Waals surface area contributed by atoms with Gasteiger partial charge in [-0.25, -0.2) is 4.39 Å². The maximum absolute atomic E-state index is 13.0. The normalized spacial score (nSPS) is 11.5. The van der Waals surface area contributed by atoms with Crippen molar-refractivity contribution in [1.82, 2.24) is 10.6 Å². The highest BCUT2D eigenvalue weighted by atomic mass is 19.1. The van der Waals surface area contributed by atoms with Gasteiger partial charge < -0.3 is 16.0 Å². The Kier molecular flexibility index (Phi) is 7.70. The van der Waals surface area contributed by atoms with Gasteiger partial charge in [-0.1, -0.05) is 54.6 Å². The molecule has 0 aromatic heterocycles. The van der Waals surface area contributed by atoms with Crippen LogP contribution in [0.1, 0.15) is 34.5 Å². The van der Waals surface area contributed by atoms with E-state index in [2.05, 4.69) is 16.0 Å². The molecule has 3 amide bonds. The Hall–Kier alpha value is -4.52. The van der Waals surface area contributed by atoms with Gasteiger partial charge in [0.15, 0.2) is 0 Å². The lowest BCUT2D eigenvalue weighted by molar-refractivity contribution is -0.126. The SMILES string of the molecule is CC(NC(=O)CNC(=O)Cc1cccc2ccccc12)c1ccc(NC(=O)c2ccc(F)cc2)cc1. The molecule has 1 atom stereocenters. The molecule has 6 nitrogen and oxygen atoms in total. The predicted octanol–water partition coefficient (Wildman–Crippen LogP) is 4.77. The van der Waals surface area contributed by atoms with E-state index in [9.17, 15) is 18.8 Å². The highest BCUT2D eigenvalue weighted by molar-refractivity contribution is 6.04. The Balaban J connectivity index is 1.25. The van der Waals surface area contributed by atoms with Crippen molar-refractivity contribution in [2.75, 3.05) is 11.9 Å². The Bertz CT molecular complexity index is 1380. The van der Waals surface area contributed by atoms with E-state index in [1.807, 2.05) is 49.4 Å². The number of anilines is 1. The summed E-state index contributed by atoms with van der Waals surface area (Å²) in [5, 5.41) is 10.4. The minimum Gasteiger partial charge on any atom is -0.348 e. The van der Waals surface area contributed by atoms with Crippen molar-refractivity contribution in [3.8, 4) is 0 Å². The summed E-state index contributed by atoms with van der Waals surface area (Å²) < 4.78 is 13.0. The molecule has 0 saturated heterocycles. The van der Waals surface area contributed by atoms with Gasteiger partial charge in [0.2, 0.25) is 11.8 Å². The number of nitrogens with one attached hydrogen (secondary N) is 3. The molecule has 0 aliphatic heterocycles. The fraction of sp³-hybridized carbons (Fsp3) is 0.138. The van der Waals surface area contributed by atoms with Gasteiger partial charge in [0.1, 0.15) is 5.82 Å². The molecule has 0 bridgehead atoms. The van der Waals surface area contributed by atoms with Gasteiger partial charge in [0.05, 0.1) is 19.0 Å². The highest BCUT2D eigenvalue weighted by Gasteiger charge is 2.13. The number of amides is 3. The van der Waals surface area contributed by atoms with E-state index in [-0.39, 0.29) is 36.7 Å². The second kappa shape index (κ2) is 11.3. The molecule has 36 heavy (non-hydrogen) atoms. The van der Waals surface area contributed by atoms with Crippen LogP contribution in [-0.2, 0) is 16.0 Å². The summed E-state index contributed by atoms with van der Waals surface area (Å²) in [5.41, 5.74) is 2.67. The van der Waals surface area contributed by atoms with E-state index in [1.54, 1.807) is 24.3 Å². The van der Waals surface area contributed by atoms with Crippen LogP contribution in [0.25, 0.3) is 10.8 Å². The summed E-state index contributed by atoms with van der Waals surface area (Å²) in [6.45, 7) is 1.71. The standard InChI is InChI=1S/C29H26FN3O3/c1-19(20-11-15-25(16-12-20)33-29(36)22-9-13-24(30)14-10-22)32-28(35)18-31-27(34)17-23-7-4-6-21-5-2-3-8-26(21)23/h2-16,19H,17-18H2,1H3,(H,31,34)(H,32,35)(H,33,36). The van der Waals surface area contributed by atoms with Crippen molar-refractivity contribution in [2.45, 2.75) is 19.4 Å². The first-order chi connectivity index (χ1) is 17.4. The number of carbonyl (C=O) groups is 3. The quantitative estimate of drug-likeness (QED) is 0.338. The molecular weight excluding hydrogens is 457 g/mol. The van der Waals surface area contributed by atoms with Crippen LogP contribution < -0.4 is 16.0 Å². The van der Waals surface area contributed by atoms with Gasteiger partial charge in [-0.05, 0) is 65.2 Å². The van der Waals surface area contributed by atoms with E-state index in [0.29, 0.717) is 11.3 Å². The van der Waals surface area contributed by atoms with E-state index < -0.39 is 5.82 Å². The molecule has 4 aromatic rings. The Labute approximate surface area is 208 Å². The molecule has 1 unspecified atom stereocenters. The fourth-order valence-electron chi connectivity index (χ4n) is 3.90. The second-order valence-electron chi connectivity index (χ2n) is 8.46. The van der Waals surface area contributed by atoms with Crippen molar-refractivity contribution in [1.29, 1.82) is 0 Å². The van der Waals surface area contributed by atoms with Crippen molar-refractivity contribution < 1.29 is 18.8 Å². The van der Waals surface area contributed by atoms with Crippen molar-refractivity contribution in [3.05, 3.63) is 114 Å². The molecule has 4 aromatic carbocycles. The molecule has 0 aliphatic rings. The zero-order valence-electron chi connectivity index (χ0n) is 19.8. The Morgan fingerprint density at radius 1 is 0.806 bits per heavy atom. The van der Waals surface area contributed by atoms with Gasteiger partial charge >= 0.3 is 0 Å². The number of halogens is 1. The van der Waals surface area contributed by atoms with Crippen LogP contribution in [0.5, 0.6) is 0 Å². The predicted molar refractivity (Wildman–Crippen MR) is 138 cm³/mol. The number of rotatable bonds is 8. The van der Waals surface area contributed by atoms with E-state index in [4.69, 9.17) is 0 Å². The van der Waals surface area contributed by atoms with E-state index >= 15 is 0 Å². The third kappa shape index (κ3) is 6.33. The zero-order valence-corrected chi connectivity index (χ0v) is 19.8. The highest BCUT2D eigenvalue weighted by Crippen LogP contribution is 2.19. The molecule has 0 spiro atoms. The molecule has 0 fully saturated rings. The summed E-state index contributed by atoms with van der Waals surface area (Å²) in [7, 11) is 0. The molecule has 0 saturated carbocycles. The summed E-state index contributed by atoms with van der Waals surface area (Å²) in [6, 6.07) is 25.7. The first-order valence-electron chi connectivity index (χ1n) is 11.6. The molecule has 182 valence electrons. The summed E-state index contributed by atoms with van der Waals surface area (Å²) in [4.78, 5) is 37.1. The molecule has 0 radical (unpaired) electrons. The smallest absolute Gasteiger partial charge is 0.255 e. The van der Waals surface area contributed by atoms with Gasteiger partial charge in [0, 0.05) is 11.3 Å². The van der Waals surface area contributed by atoms with Crippen LogP contribution in [0.4, 0.5) is 10.1 Å². The maximum atomic E-state index is 13.0. The topological polar surface area (TPSA) is 87.3 Å². The monoisotopic (exact) mass is 483 g/mol. The number of hydrogen-bond donors (Lipinski definition) is 3.